The van der Waals surface area contributed by atoms with Gasteiger partial charge >= 0.3 is 0 Å². The van der Waals surface area contributed by atoms with Crippen LogP contribution in [0.4, 0.5) is 17.2 Å². The summed E-state index contributed by atoms with van der Waals surface area (Å²) in [6.07, 6.45) is 1.55. The van der Waals surface area contributed by atoms with Crippen LogP contribution in [0.5, 0.6) is 5.75 Å². The molecule has 1 aromatic heterocycles. The Morgan fingerprint density at radius 1 is 1.32 bits per heavy atom. The molecule has 2 rings (SSSR count). The van der Waals surface area contributed by atoms with Crippen molar-refractivity contribution in [2.24, 2.45) is 0 Å². The molecule has 19 heavy (non-hydrogen) atoms. The number of anilines is 3. The van der Waals surface area contributed by atoms with Crippen LogP contribution in [-0.4, -0.2) is 11.6 Å². The molecular weight excluding hydrogens is 240 g/mol. The predicted molar refractivity (Wildman–Crippen MR) is 74.3 cm³/mol. The fraction of sp³-hybridized carbons (Fsp3) is 0.143. The van der Waals surface area contributed by atoms with Crippen molar-refractivity contribution in [3.8, 4) is 11.8 Å². The van der Waals surface area contributed by atoms with Crippen molar-refractivity contribution in [3.63, 3.8) is 0 Å². The van der Waals surface area contributed by atoms with E-state index < -0.39 is 0 Å². The van der Waals surface area contributed by atoms with Crippen LogP contribution < -0.4 is 15.8 Å². The van der Waals surface area contributed by atoms with E-state index in [9.17, 15) is 0 Å². The lowest BCUT2D eigenvalue weighted by molar-refractivity contribution is 0.340. The van der Waals surface area contributed by atoms with E-state index in [0.717, 1.165) is 11.4 Å². The molecule has 0 aliphatic rings. The van der Waals surface area contributed by atoms with Crippen molar-refractivity contribution in [2.45, 2.75) is 6.92 Å². The molecule has 0 spiro atoms. The zero-order valence-electron chi connectivity index (χ0n) is 10.6. The van der Waals surface area contributed by atoms with Gasteiger partial charge in [0.2, 0.25) is 0 Å². The van der Waals surface area contributed by atoms with Crippen LogP contribution in [-0.2, 0) is 0 Å². The summed E-state index contributed by atoms with van der Waals surface area (Å²) in [7, 11) is 0. The van der Waals surface area contributed by atoms with Crippen LogP contribution in [0.25, 0.3) is 0 Å². The number of ether oxygens (including phenoxy) is 1. The average molecular weight is 254 g/mol. The van der Waals surface area contributed by atoms with Crippen LogP contribution in [0, 0.1) is 11.3 Å². The van der Waals surface area contributed by atoms with Crippen molar-refractivity contribution in [1.82, 2.24) is 4.98 Å². The molecule has 1 aromatic carbocycles. The van der Waals surface area contributed by atoms with Crippen molar-refractivity contribution in [2.75, 3.05) is 17.7 Å². The standard InChI is InChI=1S/C14H14N4O/c1-2-19-12-5-3-11(4-6-12)18-14-13(16)10(9-15)7-8-17-14/h3-8H,2,16H2,1H3,(H,17,18). The summed E-state index contributed by atoms with van der Waals surface area (Å²) in [5.41, 5.74) is 7.43. The number of nitrogens with one attached hydrogen (secondary N) is 1. The number of pyridine rings is 1. The normalized spacial score (nSPS) is 9.68. The summed E-state index contributed by atoms with van der Waals surface area (Å²) in [5.74, 6) is 1.28. The van der Waals surface area contributed by atoms with Crippen LogP contribution in [0.15, 0.2) is 36.5 Å². The molecule has 1 heterocycles. The Balaban J connectivity index is 2.19. The van der Waals surface area contributed by atoms with Crippen molar-refractivity contribution < 1.29 is 4.74 Å². The second kappa shape index (κ2) is 5.74. The van der Waals surface area contributed by atoms with E-state index in [0.29, 0.717) is 23.7 Å². The third-order valence-electron chi connectivity index (χ3n) is 2.54. The minimum atomic E-state index is 0.346. The number of aromatic nitrogens is 1. The van der Waals surface area contributed by atoms with E-state index in [1.807, 2.05) is 37.3 Å². The number of nitrogen functional groups attached to an aromatic ring is 1. The Hall–Kier alpha value is -2.74. The first-order valence-electron chi connectivity index (χ1n) is 5.89. The minimum absolute atomic E-state index is 0.346. The van der Waals surface area contributed by atoms with Crippen LogP contribution in [0.2, 0.25) is 0 Å². The van der Waals surface area contributed by atoms with Gasteiger partial charge in [-0.1, -0.05) is 0 Å². The van der Waals surface area contributed by atoms with Crippen molar-refractivity contribution in [1.29, 1.82) is 5.26 Å². The molecule has 0 bridgehead atoms. The number of nitrogens with zero attached hydrogens (tertiary/aromatic N) is 2. The lowest BCUT2D eigenvalue weighted by Gasteiger charge is -2.09. The Bertz CT molecular complexity index is 602. The SMILES string of the molecule is CCOc1ccc(Nc2nccc(C#N)c2N)cc1. The zero-order chi connectivity index (χ0) is 13.7. The topological polar surface area (TPSA) is 84.0 Å². The molecule has 0 unspecified atom stereocenters. The molecule has 5 heteroatoms. The minimum Gasteiger partial charge on any atom is -0.494 e. The summed E-state index contributed by atoms with van der Waals surface area (Å²) < 4.78 is 5.36. The second-order valence-electron chi connectivity index (χ2n) is 3.81. The molecule has 0 atom stereocenters. The molecule has 96 valence electrons. The lowest BCUT2D eigenvalue weighted by Crippen LogP contribution is -2.01. The molecule has 5 nitrogen and oxygen atoms in total. The first-order chi connectivity index (χ1) is 9.24. The third kappa shape index (κ3) is 2.93. The van der Waals surface area contributed by atoms with Gasteiger partial charge in [-0.05, 0) is 37.3 Å². The van der Waals surface area contributed by atoms with Gasteiger partial charge in [0.05, 0.1) is 17.9 Å². The van der Waals surface area contributed by atoms with E-state index in [2.05, 4.69) is 10.3 Å². The number of hydrogen-bond donors (Lipinski definition) is 2. The van der Waals surface area contributed by atoms with Crippen LogP contribution >= 0.6 is 0 Å². The van der Waals surface area contributed by atoms with Gasteiger partial charge in [0.15, 0.2) is 5.82 Å². The molecule has 0 radical (unpaired) electrons. The molecule has 0 amide bonds. The van der Waals surface area contributed by atoms with Gasteiger partial charge in [0.1, 0.15) is 11.8 Å². The molecule has 3 N–H and O–H groups in total. The van der Waals surface area contributed by atoms with Gasteiger partial charge in [-0.15, -0.1) is 0 Å². The fourth-order valence-electron chi connectivity index (χ4n) is 1.61. The maximum Gasteiger partial charge on any atom is 0.154 e. The summed E-state index contributed by atoms with van der Waals surface area (Å²) in [4.78, 5) is 4.12. The number of hydrogen-bond acceptors (Lipinski definition) is 5. The van der Waals surface area contributed by atoms with Gasteiger partial charge in [0.25, 0.3) is 0 Å². The van der Waals surface area contributed by atoms with Crippen LogP contribution in [0.1, 0.15) is 12.5 Å². The van der Waals surface area contributed by atoms with E-state index in [4.69, 9.17) is 15.7 Å². The molecule has 0 saturated heterocycles. The molecule has 0 saturated carbocycles. The molecule has 0 aliphatic carbocycles. The first kappa shape index (κ1) is 12.7. The molecule has 0 aliphatic heterocycles. The third-order valence-corrected chi connectivity index (χ3v) is 2.54. The van der Waals surface area contributed by atoms with Gasteiger partial charge in [-0.2, -0.15) is 5.26 Å². The lowest BCUT2D eigenvalue weighted by atomic mass is 10.2. The maximum atomic E-state index is 8.90. The average Bonchev–Trinajstić information content (AvgIpc) is 2.43. The molecular formula is C14H14N4O. The number of benzene rings is 1. The monoisotopic (exact) mass is 254 g/mol. The summed E-state index contributed by atoms with van der Waals surface area (Å²) in [6.45, 7) is 2.57. The highest BCUT2D eigenvalue weighted by Gasteiger charge is 2.06. The second-order valence-corrected chi connectivity index (χ2v) is 3.81. The molecule has 0 fully saturated rings. The van der Waals surface area contributed by atoms with Crippen molar-refractivity contribution >= 4 is 17.2 Å². The number of nitriles is 1. The smallest absolute Gasteiger partial charge is 0.154 e. The number of rotatable bonds is 4. The van der Waals surface area contributed by atoms with Crippen molar-refractivity contribution in [3.05, 3.63) is 42.1 Å². The van der Waals surface area contributed by atoms with E-state index in [-0.39, 0.29) is 0 Å². The largest absolute Gasteiger partial charge is 0.494 e. The molecule has 2 aromatic rings. The van der Waals surface area contributed by atoms with E-state index in [1.165, 1.54) is 0 Å². The highest BCUT2D eigenvalue weighted by molar-refractivity contribution is 5.73. The maximum absolute atomic E-state index is 8.90. The summed E-state index contributed by atoms with van der Waals surface area (Å²) in [5, 5.41) is 12.0. The summed E-state index contributed by atoms with van der Waals surface area (Å²) >= 11 is 0. The highest BCUT2D eigenvalue weighted by Crippen LogP contribution is 2.24. The quantitative estimate of drug-likeness (QED) is 0.876. The van der Waals surface area contributed by atoms with Gasteiger partial charge in [0, 0.05) is 11.9 Å². The summed E-state index contributed by atoms with van der Waals surface area (Å²) in [6, 6.07) is 11.1. The zero-order valence-corrected chi connectivity index (χ0v) is 10.6. The Morgan fingerprint density at radius 2 is 2.05 bits per heavy atom. The van der Waals surface area contributed by atoms with E-state index >= 15 is 0 Å². The van der Waals surface area contributed by atoms with Gasteiger partial charge < -0.3 is 15.8 Å². The fourth-order valence-corrected chi connectivity index (χ4v) is 1.61. The predicted octanol–water partition coefficient (Wildman–Crippen LogP) is 2.68. The number of nitrogens with two attached hydrogens (primary N) is 1. The Labute approximate surface area is 111 Å². The first-order valence-corrected chi connectivity index (χ1v) is 5.89. The Morgan fingerprint density at radius 3 is 2.68 bits per heavy atom. The van der Waals surface area contributed by atoms with Gasteiger partial charge in [-0.3, -0.25) is 0 Å². The van der Waals surface area contributed by atoms with E-state index in [1.54, 1.807) is 12.3 Å². The van der Waals surface area contributed by atoms with Gasteiger partial charge in [-0.25, -0.2) is 4.98 Å². The highest BCUT2D eigenvalue weighted by atomic mass is 16.5. The van der Waals surface area contributed by atoms with Crippen LogP contribution in [0.3, 0.4) is 0 Å². The Kier molecular flexibility index (Phi) is 3.84.